The number of aliphatic hydroxyl groups excluding tert-OH is 1. The molecule has 2 bridgehead atoms. The summed E-state index contributed by atoms with van der Waals surface area (Å²) in [5.41, 5.74) is 1.61. The van der Waals surface area contributed by atoms with E-state index in [1.165, 1.54) is 5.56 Å². The average molecular weight is 243 g/mol. The van der Waals surface area contributed by atoms with Gasteiger partial charge in [-0.15, -0.1) is 0 Å². The summed E-state index contributed by atoms with van der Waals surface area (Å²) in [6, 6.07) is 5.66. The predicted octanol–water partition coefficient (Wildman–Crippen LogP) is 3.41. The lowest BCUT2D eigenvalue weighted by Crippen LogP contribution is -2.66. The van der Waals surface area contributed by atoms with Crippen LogP contribution in [0.3, 0.4) is 0 Å². The molecule has 3 fully saturated rings. The first-order chi connectivity index (χ1) is 7.09. The summed E-state index contributed by atoms with van der Waals surface area (Å²) < 4.78 is 0. The zero-order chi connectivity index (χ0) is 10.7. The monoisotopic (exact) mass is 242 g/mol. The lowest BCUT2D eigenvalue weighted by molar-refractivity contribution is -0.167. The van der Waals surface area contributed by atoms with E-state index < -0.39 is 0 Å². The van der Waals surface area contributed by atoms with E-state index in [4.69, 9.17) is 23.2 Å². The summed E-state index contributed by atoms with van der Waals surface area (Å²) in [6.07, 6.45) is 3.20. The molecule has 4 rings (SSSR count). The van der Waals surface area contributed by atoms with Crippen LogP contribution >= 0.6 is 23.2 Å². The molecular formula is C12H12Cl2O. The maximum Gasteiger partial charge on any atom is 0.0488 e. The van der Waals surface area contributed by atoms with Crippen LogP contribution in [-0.4, -0.2) is 11.7 Å². The van der Waals surface area contributed by atoms with Crippen LogP contribution in [0.1, 0.15) is 24.8 Å². The van der Waals surface area contributed by atoms with Gasteiger partial charge in [-0.25, -0.2) is 0 Å². The average Bonchev–Trinajstić information content (AvgIpc) is 2.07. The fraction of sp³-hybridized carbons (Fsp3) is 0.500. The minimum absolute atomic E-state index is 0.214. The van der Waals surface area contributed by atoms with E-state index in [0.717, 1.165) is 29.3 Å². The Morgan fingerprint density at radius 1 is 1.20 bits per heavy atom. The maximum absolute atomic E-state index is 9.21. The number of rotatable bonds is 2. The van der Waals surface area contributed by atoms with Gasteiger partial charge < -0.3 is 5.11 Å². The van der Waals surface area contributed by atoms with Crippen LogP contribution in [-0.2, 0) is 5.41 Å². The van der Waals surface area contributed by atoms with Crippen LogP contribution in [0.5, 0.6) is 0 Å². The molecule has 0 radical (unpaired) electrons. The first kappa shape index (κ1) is 9.95. The van der Waals surface area contributed by atoms with Gasteiger partial charge in [0, 0.05) is 16.7 Å². The summed E-state index contributed by atoms with van der Waals surface area (Å²) in [7, 11) is 0. The van der Waals surface area contributed by atoms with Crippen LogP contribution in [0.15, 0.2) is 18.2 Å². The lowest BCUT2D eigenvalue weighted by atomic mass is 9.34. The van der Waals surface area contributed by atoms with Crippen molar-refractivity contribution >= 4 is 23.2 Å². The second-order valence-corrected chi connectivity index (χ2v) is 5.94. The van der Waals surface area contributed by atoms with Crippen molar-refractivity contribution in [3.63, 3.8) is 0 Å². The van der Waals surface area contributed by atoms with E-state index in [1.54, 1.807) is 0 Å². The molecule has 1 aromatic rings. The number of hydrogen-bond acceptors (Lipinski definition) is 1. The molecule has 0 saturated heterocycles. The van der Waals surface area contributed by atoms with Crippen LogP contribution in [0.4, 0.5) is 0 Å². The number of aliphatic hydroxyl groups is 1. The van der Waals surface area contributed by atoms with Gasteiger partial charge in [-0.05, 0) is 53.9 Å². The third kappa shape index (κ3) is 1.20. The van der Waals surface area contributed by atoms with Crippen LogP contribution in [0, 0.1) is 5.41 Å². The van der Waals surface area contributed by atoms with Gasteiger partial charge >= 0.3 is 0 Å². The Kier molecular flexibility index (Phi) is 1.93. The molecule has 0 unspecified atom stereocenters. The van der Waals surface area contributed by atoms with E-state index in [9.17, 15) is 5.11 Å². The standard InChI is InChI=1S/C12H12Cl2O/c13-8-1-2-10(14)9(3-8)12-4-11(5-12,6-12)7-15/h1-3,15H,4-7H2. The van der Waals surface area contributed by atoms with Crippen molar-refractivity contribution in [3.05, 3.63) is 33.8 Å². The highest BCUT2D eigenvalue weighted by Gasteiger charge is 2.68. The molecule has 0 spiro atoms. The van der Waals surface area contributed by atoms with E-state index in [1.807, 2.05) is 18.2 Å². The first-order valence-corrected chi connectivity index (χ1v) is 5.91. The van der Waals surface area contributed by atoms with Gasteiger partial charge in [0.05, 0.1) is 0 Å². The molecule has 15 heavy (non-hydrogen) atoms. The third-order valence-corrected chi connectivity index (χ3v) is 4.54. The molecule has 0 atom stereocenters. The summed E-state index contributed by atoms with van der Waals surface area (Å²) in [5, 5.41) is 10.8. The minimum atomic E-state index is 0.214. The quantitative estimate of drug-likeness (QED) is 0.843. The van der Waals surface area contributed by atoms with Crippen molar-refractivity contribution in [3.8, 4) is 0 Å². The van der Waals surface area contributed by atoms with Gasteiger partial charge in [0.2, 0.25) is 0 Å². The van der Waals surface area contributed by atoms with Crippen molar-refractivity contribution < 1.29 is 5.11 Å². The molecule has 3 heteroatoms. The van der Waals surface area contributed by atoms with Gasteiger partial charge in [0.1, 0.15) is 0 Å². The minimum Gasteiger partial charge on any atom is -0.396 e. The molecular weight excluding hydrogens is 231 g/mol. The third-order valence-electron chi connectivity index (χ3n) is 3.98. The second-order valence-electron chi connectivity index (χ2n) is 5.09. The molecule has 1 N–H and O–H groups in total. The van der Waals surface area contributed by atoms with E-state index in [2.05, 4.69) is 0 Å². The van der Waals surface area contributed by atoms with E-state index in [-0.39, 0.29) is 10.8 Å². The van der Waals surface area contributed by atoms with Gasteiger partial charge in [0.15, 0.2) is 0 Å². The predicted molar refractivity (Wildman–Crippen MR) is 61.5 cm³/mol. The molecule has 3 aliphatic carbocycles. The molecule has 1 aromatic carbocycles. The summed E-state index contributed by atoms with van der Waals surface area (Å²) in [4.78, 5) is 0. The smallest absolute Gasteiger partial charge is 0.0488 e. The highest BCUT2D eigenvalue weighted by molar-refractivity contribution is 6.33. The summed E-state index contributed by atoms with van der Waals surface area (Å²) >= 11 is 12.2. The van der Waals surface area contributed by atoms with Crippen LogP contribution < -0.4 is 0 Å². The normalized spacial score (nSPS) is 37.0. The van der Waals surface area contributed by atoms with E-state index in [0.29, 0.717) is 6.61 Å². The summed E-state index contributed by atoms with van der Waals surface area (Å²) in [6.45, 7) is 0.312. The Labute approximate surface area is 99.0 Å². The Bertz CT molecular complexity index is 408. The number of halogens is 2. The zero-order valence-electron chi connectivity index (χ0n) is 8.26. The van der Waals surface area contributed by atoms with Gasteiger partial charge in [-0.3, -0.25) is 0 Å². The molecule has 0 heterocycles. The molecule has 0 aliphatic heterocycles. The van der Waals surface area contributed by atoms with Crippen molar-refractivity contribution in [1.29, 1.82) is 0 Å². The Morgan fingerprint density at radius 2 is 1.87 bits per heavy atom. The highest BCUT2D eigenvalue weighted by atomic mass is 35.5. The lowest BCUT2D eigenvalue weighted by Gasteiger charge is -2.70. The molecule has 0 amide bonds. The fourth-order valence-electron chi connectivity index (χ4n) is 3.36. The Morgan fingerprint density at radius 3 is 2.47 bits per heavy atom. The van der Waals surface area contributed by atoms with Crippen LogP contribution in [0.2, 0.25) is 10.0 Å². The highest BCUT2D eigenvalue weighted by Crippen LogP contribution is 2.74. The Balaban J connectivity index is 1.93. The first-order valence-electron chi connectivity index (χ1n) is 5.16. The largest absolute Gasteiger partial charge is 0.396 e. The maximum atomic E-state index is 9.21. The van der Waals surface area contributed by atoms with Gasteiger partial charge in [-0.2, -0.15) is 0 Å². The molecule has 3 aliphatic rings. The van der Waals surface area contributed by atoms with Crippen molar-refractivity contribution in [1.82, 2.24) is 0 Å². The molecule has 0 aromatic heterocycles. The summed E-state index contributed by atoms with van der Waals surface area (Å²) in [5.74, 6) is 0. The van der Waals surface area contributed by atoms with Crippen molar-refractivity contribution in [2.24, 2.45) is 5.41 Å². The Hall–Kier alpha value is -0.240. The zero-order valence-corrected chi connectivity index (χ0v) is 9.78. The molecule has 3 saturated carbocycles. The van der Waals surface area contributed by atoms with Crippen molar-refractivity contribution in [2.45, 2.75) is 24.7 Å². The van der Waals surface area contributed by atoms with Gasteiger partial charge in [-0.1, -0.05) is 23.2 Å². The SMILES string of the molecule is OCC12CC(c3cc(Cl)ccc3Cl)(C1)C2. The molecule has 80 valence electrons. The number of hydrogen-bond donors (Lipinski definition) is 1. The van der Waals surface area contributed by atoms with E-state index >= 15 is 0 Å². The van der Waals surface area contributed by atoms with Gasteiger partial charge in [0.25, 0.3) is 0 Å². The van der Waals surface area contributed by atoms with Crippen LogP contribution in [0.25, 0.3) is 0 Å². The topological polar surface area (TPSA) is 20.2 Å². The molecule has 1 nitrogen and oxygen atoms in total. The van der Waals surface area contributed by atoms with Crippen molar-refractivity contribution in [2.75, 3.05) is 6.61 Å². The fourth-order valence-corrected chi connectivity index (χ4v) is 3.85. The second kappa shape index (κ2) is 2.91. The number of benzene rings is 1.